The molecule has 0 aliphatic heterocycles. The summed E-state index contributed by atoms with van der Waals surface area (Å²) in [4.78, 5) is 12.3. The Hall–Kier alpha value is -2.30. The van der Waals surface area contributed by atoms with E-state index in [-0.39, 0.29) is 11.3 Å². The summed E-state index contributed by atoms with van der Waals surface area (Å²) in [6, 6.07) is 10.2. The Balaban J connectivity index is 2.31. The highest BCUT2D eigenvalue weighted by atomic mass is 19.4. The minimum atomic E-state index is -4.78. The van der Waals surface area contributed by atoms with Crippen LogP contribution in [0, 0.1) is 13.8 Å². The number of hydrogen-bond donors (Lipinski definition) is 0. The summed E-state index contributed by atoms with van der Waals surface area (Å²) in [5.41, 5.74) is 2.58. The lowest BCUT2D eigenvalue weighted by Crippen LogP contribution is -2.17. The number of ether oxygens (including phenoxy) is 1. The van der Waals surface area contributed by atoms with Crippen molar-refractivity contribution in [3.05, 3.63) is 64.7 Å². The zero-order valence-corrected chi connectivity index (χ0v) is 11.5. The molecule has 0 radical (unpaired) electrons. The number of benzene rings is 2. The molecule has 0 saturated heterocycles. The van der Waals surface area contributed by atoms with Gasteiger partial charge in [-0.15, -0.1) is 13.2 Å². The van der Waals surface area contributed by atoms with Gasteiger partial charge in [0.25, 0.3) is 0 Å². The van der Waals surface area contributed by atoms with E-state index in [0.29, 0.717) is 5.56 Å². The van der Waals surface area contributed by atoms with E-state index < -0.39 is 12.1 Å². The van der Waals surface area contributed by atoms with E-state index in [0.717, 1.165) is 23.3 Å². The van der Waals surface area contributed by atoms with Crippen molar-refractivity contribution < 1.29 is 22.7 Å². The van der Waals surface area contributed by atoms with E-state index in [1.54, 1.807) is 18.2 Å². The fourth-order valence-corrected chi connectivity index (χ4v) is 1.88. The highest BCUT2D eigenvalue weighted by Crippen LogP contribution is 2.24. The molecule has 0 fully saturated rings. The van der Waals surface area contributed by atoms with Gasteiger partial charge in [0.2, 0.25) is 0 Å². The number of ketones is 1. The number of rotatable bonds is 3. The van der Waals surface area contributed by atoms with Gasteiger partial charge in [0.05, 0.1) is 0 Å². The molecule has 0 aromatic heterocycles. The molecule has 0 aliphatic rings. The summed E-state index contributed by atoms with van der Waals surface area (Å²) in [6.07, 6.45) is -4.78. The fourth-order valence-electron chi connectivity index (χ4n) is 1.88. The lowest BCUT2D eigenvalue weighted by Gasteiger charge is -2.10. The van der Waals surface area contributed by atoms with E-state index >= 15 is 0 Å². The Labute approximate surface area is 120 Å². The standard InChI is InChI=1S/C16H13F3O2/c1-10-6-7-13(8-11(10)2)15(20)12-4-3-5-14(9-12)21-16(17,18)19/h3-9H,1-2H3. The van der Waals surface area contributed by atoms with Crippen LogP contribution >= 0.6 is 0 Å². The van der Waals surface area contributed by atoms with Gasteiger partial charge >= 0.3 is 6.36 Å². The van der Waals surface area contributed by atoms with Crippen molar-refractivity contribution in [1.82, 2.24) is 0 Å². The van der Waals surface area contributed by atoms with Crippen LogP contribution in [-0.4, -0.2) is 12.1 Å². The van der Waals surface area contributed by atoms with Gasteiger partial charge in [0.15, 0.2) is 5.78 Å². The molecule has 0 aliphatic carbocycles. The average Bonchev–Trinajstić information content (AvgIpc) is 2.39. The third kappa shape index (κ3) is 3.84. The van der Waals surface area contributed by atoms with Gasteiger partial charge in [0, 0.05) is 11.1 Å². The van der Waals surface area contributed by atoms with Gasteiger partial charge in [-0.25, -0.2) is 0 Å². The first-order valence-corrected chi connectivity index (χ1v) is 6.24. The van der Waals surface area contributed by atoms with Crippen LogP contribution in [0.4, 0.5) is 13.2 Å². The van der Waals surface area contributed by atoms with E-state index in [4.69, 9.17) is 0 Å². The maximum absolute atomic E-state index is 12.3. The predicted molar refractivity (Wildman–Crippen MR) is 72.5 cm³/mol. The van der Waals surface area contributed by atoms with E-state index in [9.17, 15) is 18.0 Å². The molecule has 0 spiro atoms. The summed E-state index contributed by atoms with van der Waals surface area (Å²) in [6.45, 7) is 3.79. The van der Waals surface area contributed by atoms with Crippen LogP contribution in [0.5, 0.6) is 5.75 Å². The maximum Gasteiger partial charge on any atom is 0.573 e. The van der Waals surface area contributed by atoms with Gasteiger partial charge in [0.1, 0.15) is 5.75 Å². The summed E-state index contributed by atoms with van der Waals surface area (Å²) < 4.78 is 40.4. The van der Waals surface area contributed by atoms with Gasteiger partial charge in [-0.3, -0.25) is 4.79 Å². The molecular formula is C16H13F3O2. The quantitative estimate of drug-likeness (QED) is 0.783. The molecule has 0 heterocycles. The zero-order chi connectivity index (χ0) is 15.6. The lowest BCUT2D eigenvalue weighted by atomic mass is 9.99. The Kier molecular flexibility index (Phi) is 4.02. The number of alkyl halides is 3. The molecule has 2 aromatic rings. The minimum Gasteiger partial charge on any atom is -0.406 e. The molecule has 110 valence electrons. The van der Waals surface area contributed by atoms with Gasteiger partial charge < -0.3 is 4.74 Å². The van der Waals surface area contributed by atoms with Crippen LogP contribution in [0.25, 0.3) is 0 Å². The van der Waals surface area contributed by atoms with Crippen molar-refractivity contribution in [3.8, 4) is 5.75 Å². The normalized spacial score (nSPS) is 11.3. The molecule has 0 unspecified atom stereocenters. The molecule has 0 amide bonds. The van der Waals surface area contributed by atoms with Crippen molar-refractivity contribution in [2.45, 2.75) is 20.2 Å². The summed E-state index contributed by atoms with van der Waals surface area (Å²) in [5.74, 6) is -0.747. The van der Waals surface area contributed by atoms with Crippen LogP contribution in [0.3, 0.4) is 0 Å². The SMILES string of the molecule is Cc1ccc(C(=O)c2cccc(OC(F)(F)F)c2)cc1C. The first-order chi connectivity index (χ1) is 9.76. The second-order valence-electron chi connectivity index (χ2n) is 4.70. The van der Waals surface area contributed by atoms with Gasteiger partial charge in [-0.05, 0) is 43.2 Å². The number of hydrogen-bond acceptors (Lipinski definition) is 2. The van der Waals surface area contributed by atoms with Crippen molar-refractivity contribution in [1.29, 1.82) is 0 Å². The van der Waals surface area contributed by atoms with E-state index in [1.807, 2.05) is 13.8 Å². The molecule has 2 nitrogen and oxygen atoms in total. The van der Waals surface area contributed by atoms with Crippen molar-refractivity contribution in [2.75, 3.05) is 0 Å². The minimum absolute atomic E-state index is 0.153. The zero-order valence-electron chi connectivity index (χ0n) is 11.5. The van der Waals surface area contributed by atoms with E-state index in [1.165, 1.54) is 12.1 Å². The Morgan fingerprint density at radius 3 is 2.24 bits per heavy atom. The Bertz CT molecular complexity index is 675. The molecule has 2 rings (SSSR count). The third-order valence-electron chi connectivity index (χ3n) is 3.10. The number of carbonyl (C=O) groups is 1. The number of carbonyl (C=O) groups excluding carboxylic acids is 1. The highest BCUT2D eigenvalue weighted by molar-refractivity contribution is 6.09. The molecular weight excluding hydrogens is 281 g/mol. The smallest absolute Gasteiger partial charge is 0.406 e. The summed E-state index contributed by atoms with van der Waals surface area (Å²) >= 11 is 0. The topological polar surface area (TPSA) is 26.3 Å². The fraction of sp³-hybridized carbons (Fsp3) is 0.188. The molecule has 0 bridgehead atoms. The monoisotopic (exact) mass is 294 g/mol. The first kappa shape index (κ1) is 15.1. The lowest BCUT2D eigenvalue weighted by molar-refractivity contribution is -0.274. The van der Waals surface area contributed by atoms with Crippen molar-refractivity contribution >= 4 is 5.78 Å². The van der Waals surface area contributed by atoms with Crippen LogP contribution in [-0.2, 0) is 0 Å². The van der Waals surface area contributed by atoms with Crippen LogP contribution in [0.1, 0.15) is 27.0 Å². The molecule has 21 heavy (non-hydrogen) atoms. The van der Waals surface area contributed by atoms with E-state index in [2.05, 4.69) is 4.74 Å². The van der Waals surface area contributed by atoms with Crippen LogP contribution < -0.4 is 4.74 Å². The number of halogens is 3. The second-order valence-corrected chi connectivity index (χ2v) is 4.70. The van der Waals surface area contributed by atoms with Gasteiger partial charge in [-0.2, -0.15) is 0 Å². The Morgan fingerprint density at radius 2 is 1.62 bits per heavy atom. The third-order valence-corrected chi connectivity index (χ3v) is 3.10. The molecule has 2 aromatic carbocycles. The van der Waals surface area contributed by atoms with Crippen LogP contribution in [0.15, 0.2) is 42.5 Å². The molecule has 0 saturated carbocycles. The van der Waals surface area contributed by atoms with Crippen molar-refractivity contribution in [3.63, 3.8) is 0 Å². The molecule has 5 heteroatoms. The predicted octanol–water partition coefficient (Wildman–Crippen LogP) is 4.43. The maximum atomic E-state index is 12.3. The number of aryl methyl sites for hydroxylation is 2. The molecule has 0 atom stereocenters. The Morgan fingerprint density at radius 1 is 0.952 bits per heavy atom. The van der Waals surface area contributed by atoms with Crippen LogP contribution in [0.2, 0.25) is 0 Å². The summed E-state index contributed by atoms with van der Waals surface area (Å²) in [5, 5.41) is 0. The first-order valence-electron chi connectivity index (χ1n) is 6.24. The van der Waals surface area contributed by atoms with Crippen molar-refractivity contribution in [2.24, 2.45) is 0 Å². The second kappa shape index (κ2) is 5.60. The largest absolute Gasteiger partial charge is 0.573 e. The summed E-state index contributed by atoms with van der Waals surface area (Å²) in [7, 11) is 0. The molecule has 0 N–H and O–H groups in total. The van der Waals surface area contributed by atoms with Gasteiger partial charge in [-0.1, -0.05) is 24.3 Å². The highest BCUT2D eigenvalue weighted by Gasteiger charge is 2.31. The average molecular weight is 294 g/mol.